The molecule has 0 spiro atoms. The second-order valence-corrected chi connectivity index (χ2v) is 7.81. The number of anilines is 1. The Kier molecular flexibility index (Phi) is 5.63. The summed E-state index contributed by atoms with van der Waals surface area (Å²) in [5.74, 6) is 0.446. The molecule has 0 aliphatic rings. The number of nitrogens with one attached hydrogen (secondary N) is 1. The minimum atomic E-state index is -0.707. The van der Waals surface area contributed by atoms with Crippen LogP contribution in [0.3, 0.4) is 0 Å². The lowest BCUT2D eigenvalue weighted by Crippen LogP contribution is -2.31. The molecule has 4 aromatic rings. The highest BCUT2D eigenvalue weighted by molar-refractivity contribution is 7.21. The summed E-state index contributed by atoms with van der Waals surface area (Å²) < 4.78 is 6.78. The molecule has 1 N–H and O–H groups in total. The number of hydrogen-bond donors (Lipinski definition) is 1. The summed E-state index contributed by atoms with van der Waals surface area (Å²) in [6, 6.07) is 18.1. The molecule has 152 valence electrons. The highest BCUT2D eigenvalue weighted by Gasteiger charge is 2.19. The van der Waals surface area contributed by atoms with E-state index in [4.69, 9.17) is 4.74 Å². The van der Waals surface area contributed by atoms with Crippen molar-refractivity contribution in [1.82, 2.24) is 9.55 Å². The number of fused-ring (bicyclic) bond motifs is 1. The number of benzene rings is 2. The van der Waals surface area contributed by atoms with Gasteiger partial charge in [-0.05, 0) is 49.7 Å². The van der Waals surface area contributed by atoms with Crippen LogP contribution in [0, 0.1) is 0 Å². The maximum atomic E-state index is 13.0. The van der Waals surface area contributed by atoms with Gasteiger partial charge >= 0.3 is 0 Å². The van der Waals surface area contributed by atoms with Crippen molar-refractivity contribution >= 4 is 33.1 Å². The first-order valence-corrected chi connectivity index (χ1v) is 10.5. The molecule has 0 unspecified atom stereocenters. The first kappa shape index (κ1) is 19.8. The van der Waals surface area contributed by atoms with Crippen LogP contribution in [0.5, 0.6) is 5.75 Å². The fraction of sp³-hybridized carbons (Fsp3) is 0.174. The number of rotatable bonds is 6. The molecule has 7 heteroatoms. The molecular formula is C23H21N3O3S. The number of amides is 1. The highest BCUT2D eigenvalue weighted by atomic mass is 32.1. The van der Waals surface area contributed by atoms with Crippen LogP contribution >= 0.6 is 11.3 Å². The first-order valence-electron chi connectivity index (χ1n) is 9.66. The normalized spacial score (nSPS) is 11.9. The first-order chi connectivity index (χ1) is 14.6. The van der Waals surface area contributed by atoms with Crippen molar-refractivity contribution in [2.24, 2.45) is 0 Å². The van der Waals surface area contributed by atoms with Crippen LogP contribution in [0.4, 0.5) is 5.69 Å². The van der Waals surface area contributed by atoms with Crippen molar-refractivity contribution in [2.75, 3.05) is 11.9 Å². The van der Waals surface area contributed by atoms with Crippen molar-refractivity contribution in [3.05, 3.63) is 77.3 Å². The average Bonchev–Trinajstić information content (AvgIpc) is 3.21. The number of carbonyl (C=O) groups excluding carboxylic acids is 1. The fourth-order valence-electron chi connectivity index (χ4n) is 3.13. The van der Waals surface area contributed by atoms with Gasteiger partial charge in [-0.15, -0.1) is 11.3 Å². The Hall–Kier alpha value is -3.45. The van der Waals surface area contributed by atoms with Crippen LogP contribution in [0.25, 0.3) is 20.7 Å². The standard InChI is InChI=1S/C23H21N3O3S/c1-3-29-18-11-9-17(10-12-18)25-21(27)15(2)26-14-24-22-19(23(26)28)13-20(30-22)16-7-5-4-6-8-16/h4-15H,3H2,1-2H3,(H,25,27)/t15-/m1/s1. The smallest absolute Gasteiger partial charge is 0.262 e. The van der Waals surface area contributed by atoms with Crippen molar-refractivity contribution in [3.63, 3.8) is 0 Å². The monoisotopic (exact) mass is 419 g/mol. The summed E-state index contributed by atoms with van der Waals surface area (Å²) in [5, 5.41) is 3.35. The maximum Gasteiger partial charge on any atom is 0.262 e. The molecule has 2 aromatic carbocycles. The largest absolute Gasteiger partial charge is 0.494 e. The van der Waals surface area contributed by atoms with Gasteiger partial charge in [0.05, 0.1) is 18.3 Å². The van der Waals surface area contributed by atoms with E-state index in [0.29, 0.717) is 22.5 Å². The second-order valence-electron chi connectivity index (χ2n) is 6.78. The van der Waals surface area contributed by atoms with Crippen LogP contribution in [0.1, 0.15) is 19.9 Å². The summed E-state index contributed by atoms with van der Waals surface area (Å²) >= 11 is 1.46. The van der Waals surface area contributed by atoms with Gasteiger partial charge in [-0.1, -0.05) is 30.3 Å². The third-order valence-corrected chi connectivity index (χ3v) is 5.86. The minimum Gasteiger partial charge on any atom is -0.494 e. The van der Waals surface area contributed by atoms with Gasteiger partial charge in [0.1, 0.15) is 16.6 Å². The van der Waals surface area contributed by atoms with E-state index in [-0.39, 0.29) is 11.5 Å². The number of aromatic nitrogens is 2. The van der Waals surface area contributed by atoms with Gasteiger partial charge in [0.25, 0.3) is 5.56 Å². The third-order valence-electron chi connectivity index (χ3n) is 4.76. The number of ether oxygens (including phenoxy) is 1. The van der Waals surface area contributed by atoms with Gasteiger partial charge < -0.3 is 10.1 Å². The van der Waals surface area contributed by atoms with Crippen molar-refractivity contribution in [2.45, 2.75) is 19.9 Å². The van der Waals surface area contributed by atoms with Gasteiger partial charge in [0.2, 0.25) is 5.91 Å². The molecule has 30 heavy (non-hydrogen) atoms. The average molecular weight is 420 g/mol. The quantitative estimate of drug-likeness (QED) is 0.491. The van der Waals surface area contributed by atoms with Gasteiger partial charge in [-0.25, -0.2) is 4.98 Å². The van der Waals surface area contributed by atoms with Gasteiger partial charge in [-0.3, -0.25) is 14.2 Å². The molecule has 0 bridgehead atoms. The summed E-state index contributed by atoms with van der Waals surface area (Å²) in [6.07, 6.45) is 1.44. The van der Waals surface area contributed by atoms with E-state index < -0.39 is 6.04 Å². The zero-order chi connectivity index (χ0) is 21.1. The summed E-state index contributed by atoms with van der Waals surface area (Å²) in [6.45, 7) is 4.18. The number of carbonyl (C=O) groups is 1. The van der Waals surface area contributed by atoms with E-state index >= 15 is 0 Å². The lowest BCUT2D eigenvalue weighted by Gasteiger charge is -2.15. The van der Waals surface area contributed by atoms with Crippen molar-refractivity contribution in [3.8, 4) is 16.2 Å². The maximum absolute atomic E-state index is 13.0. The van der Waals surface area contributed by atoms with Crippen LogP contribution < -0.4 is 15.6 Å². The minimum absolute atomic E-state index is 0.229. The molecule has 2 aromatic heterocycles. The summed E-state index contributed by atoms with van der Waals surface area (Å²) in [7, 11) is 0. The third kappa shape index (κ3) is 3.97. The topological polar surface area (TPSA) is 73.2 Å². The summed E-state index contributed by atoms with van der Waals surface area (Å²) in [4.78, 5) is 31.8. The van der Waals surface area contributed by atoms with Crippen LogP contribution in [-0.4, -0.2) is 22.1 Å². The molecule has 2 heterocycles. The Morgan fingerprint density at radius 3 is 2.60 bits per heavy atom. The Labute approximate surface area is 177 Å². The zero-order valence-electron chi connectivity index (χ0n) is 16.7. The molecule has 0 fully saturated rings. The molecule has 0 saturated heterocycles. The van der Waals surface area contributed by atoms with E-state index in [2.05, 4.69) is 10.3 Å². The van der Waals surface area contributed by atoms with E-state index in [1.807, 2.05) is 43.3 Å². The molecule has 0 aliphatic heterocycles. The van der Waals surface area contributed by atoms with Gasteiger partial charge in [0.15, 0.2) is 0 Å². The number of nitrogens with zero attached hydrogens (tertiary/aromatic N) is 2. The van der Waals surface area contributed by atoms with Crippen LogP contribution in [-0.2, 0) is 4.79 Å². The Bertz CT molecular complexity index is 1230. The van der Waals surface area contributed by atoms with E-state index in [1.165, 1.54) is 22.2 Å². The van der Waals surface area contributed by atoms with Crippen molar-refractivity contribution in [1.29, 1.82) is 0 Å². The Balaban J connectivity index is 1.58. The van der Waals surface area contributed by atoms with Gasteiger partial charge in [0, 0.05) is 10.6 Å². The van der Waals surface area contributed by atoms with E-state index in [1.54, 1.807) is 31.2 Å². The second kappa shape index (κ2) is 8.51. The fourth-order valence-corrected chi connectivity index (χ4v) is 4.13. The molecular weight excluding hydrogens is 398 g/mol. The summed E-state index contributed by atoms with van der Waals surface area (Å²) in [5.41, 5.74) is 1.44. The molecule has 4 rings (SSSR count). The molecule has 0 aliphatic carbocycles. The van der Waals surface area contributed by atoms with Crippen LogP contribution in [0.15, 0.2) is 71.8 Å². The van der Waals surface area contributed by atoms with E-state index in [0.717, 1.165) is 16.2 Å². The molecule has 6 nitrogen and oxygen atoms in total. The predicted molar refractivity (Wildman–Crippen MR) is 120 cm³/mol. The predicted octanol–water partition coefficient (Wildman–Crippen LogP) is 4.72. The van der Waals surface area contributed by atoms with Crippen LogP contribution in [0.2, 0.25) is 0 Å². The molecule has 1 amide bonds. The SMILES string of the molecule is CCOc1ccc(NC(=O)[C@@H](C)n2cnc3sc(-c4ccccc4)cc3c2=O)cc1. The van der Waals surface area contributed by atoms with E-state index in [9.17, 15) is 9.59 Å². The Morgan fingerprint density at radius 2 is 1.90 bits per heavy atom. The number of thiophene rings is 1. The molecule has 1 atom stereocenters. The lowest BCUT2D eigenvalue weighted by atomic mass is 10.2. The molecule has 0 radical (unpaired) electrons. The molecule has 0 saturated carbocycles. The van der Waals surface area contributed by atoms with Crippen molar-refractivity contribution < 1.29 is 9.53 Å². The highest BCUT2D eigenvalue weighted by Crippen LogP contribution is 2.30. The number of hydrogen-bond acceptors (Lipinski definition) is 5. The lowest BCUT2D eigenvalue weighted by molar-refractivity contribution is -0.118. The van der Waals surface area contributed by atoms with Gasteiger partial charge in [-0.2, -0.15) is 0 Å². The Morgan fingerprint density at radius 1 is 1.17 bits per heavy atom. The zero-order valence-corrected chi connectivity index (χ0v) is 17.5.